The fourth-order valence-electron chi connectivity index (χ4n) is 2.91. The summed E-state index contributed by atoms with van der Waals surface area (Å²) in [7, 11) is 0. The number of thiazole rings is 1. The molecule has 0 unspecified atom stereocenters. The molecule has 0 aliphatic heterocycles. The van der Waals surface area contributed by atoms with E-state index in [1.54, 1.807) is 22.6 Å². The van der Waals surface area contributed by atoms with Crippen LogP contribution >= 0.6 is 23.6 Å². The van der Waals surface area contributed by atoms with Gasteiger partial charge in [-0.25, -0.2) is 0 Å². The number of rotatable bonds is 4. The van der Waals surface area contributed by atoms with Crippen LogP contribution in [0.1, 0.15) is 46.7 Å². The Hall–Kier alpha value is -2.52. The number of aromatic amines is 1. The third-order valence-electron chi connectivity index (χ3n) is 4.33. The molecule has 7 nitrogen and oxygen atoms in total. The van der Waals surface area contributed by atoms with Crippen molar-refractivity contribution in [2.45, 2.75) is 38.8 Å². The maximum Gasteiger partial charge on any atom is 0.265 e. The molecule has 27 heavy (non-hydrogen) atoms. The highest BCUT2D eigenvalue weighted by molar-refractivity contribution is 7.73. The number of aromatic nitrogens is 2. The maximum absolute atomic E-state index is 12.5. The standard InChI is InChI=1S/C18H18N4O3S2/c1-8(2)19-17(25)13-14-21-16(24)11-6-3-9(15(23)20-10-4-5-10)7-12(11)22(14)18(26)27-13/h3,6-8,10H,4-5H2,1-2H3,(H,19,25)(H,20,23)(H,21,24). The first-order valence-electron chi connectivity index (χ1n) is 8.68. The second-order valence-corrected chi connectivity index (χ2v) is 8.59. The Labute approximate surface area is 163 Å². The molecule has 1 aliphatic carbocycles. The molecule has 0 atom stereocenters. The Kier molecular flexibility index (Phi) is 4.35. The topological polar surface area (TPSA) is 95.5 Å². The summed E-state index contributed by atoms with van der Waals surface area (Å²) < 4.78 is 2.08. The van der Waals surface area contributed by atoms with Crippen molar-refractivity contribution >= 4 is 51.9 Å². The summed E-state index contributed by atoms with van der Waals surface area (Å²) in [5.41, 5.74) is 0.996. The van der Waals surface area contributed by atoms with Gasteiger partial charge in [-0.3, -0.25) is 18.8 Å². The highest BCUT2D eigenvalue weighted by Gasteiger charge is 2.24. The second-order valence-electron chi connectivity index (χ2n) is 6.94. The molecule has 2 amide bonds. The summed E-state index contributed by atoms with van der Waals surface area (Å²) in [5, 5.41) is 6.16. The molecular weight excluding hydrogens is 384 g/mol. The van der Waals surface area contributed by atoms with Gasteiger partial charge in [0.1, 0.15) is 10.5 Å². The van der Waals surface area contributed by atoms with E-state index >= 15 is 0 Å². The zero-order valence-electron chi connectivity index (χ0n) is 14.8. The van der Waals surface area contributed by atoms with Crippen LogP contribution in [0.25, 0.3) is 16.6 Å². The highest BCUT2D eigenvalue weighted by Crippen LogP contribution is 2.24. The number of benzene rings is 1. The van der Waals surface area contributed by atoms with Gasteiger partial charge in [0.05, 0.1) is 10.9 Å². The molecule has 140 valence electrons. The van der Waals surface area contributed by atoms with Gasteiger partial charge in [-0.1, -0.05) is 11.3 Å². The average Bonchev–Trinajstić information content (AvgIpc) is 3.35. The molecule has 1 aromatic carbocycles. The lowest BCUT2D eigenvalue weighted by molar-refractivity contribution is 0.0941. The van der Waals surface area contributed by atoms with E-state index in [4.69, 9.17) is 12.2 Å². The Morgan fingerprint density at radius 2 is 2.04 bits per heavy atom. The first-order valence-corrected chi connectivity index (χ1v) is 9.91. The fraction of sp³-hybridized carbons (Fsp3) is 0.333. The minimum absolute atomic E-state index is 0.0434. The van der Waals surface area contributed by atoms with Crippen LogP contribution in [0.3, 0.4) is 0 Å². The molecule has 0 spiro atoms. The summed E-state index contributed by atoms with van der Waals surface area (Å²) in [6.07, 6.45) is 1.99. The van der Waals surface area contributed by atoms with Crippen LogP contribution in [0.15, 0.2) is 23.0 Å². The molecule has 0 saturated heterocycles. The smallest absolute Gasteiger partial charge is 0.265 e. The van der Waals surface area contributed by atoms with Gasteiger partial charge < -0.3 is 15.6 Å². The molecular formula is C18H18N4O3S2. The number of hydrogen-bond donors (Lipinski definition) is 3. The van der Waals surface area contributed by atoms with Crippen LogP contribution in [-0.4, -0.2) is 33.3 Å². The molecule has 2 aromatic heterocycles. The number of H-pyrrole nitrogens is 1. The largest absolute Gasteiger partial charge is 0.349 e. The fourth-order valence-corrected chi connectivity index (χ4v) is 4.19. The van der Waals surface area contributed by atoms with Crippen LogP contribution in [-0.2, 0) is 0 Å². The lowest BCUT2D eigenvalue weighted by Crippen LogP contribution is -2.30. The van der Waals surface area contributed by atoms with E-state index in [9.17, 15) is 14.4 Å². The van der Waals surface area contributed by atoms with Crippen molar-refractivity contribution in [3.8, 4) is 0 Å². The van der Waals surface area contributed by atoms with Crippen molar-refractivity contribution in [3.05, 3.63) is 42.9 Å². The van der Waals surface area contributed by atoms with Gasteiger partial charge in [-0.15, -0.1) is 0 Å². The summed E-state index contributed by atoms with van der Waals surface area (Å²) >= 11 is 6.58. The van der Waals surface area contributed by atoms with Gasteiger partial charge in [0.25, 0.3) is 17.4 Å². The van der Waals surface area contributed by atoms with E-state index in [0.717, 1.165) is 24.2 Å². The number of carbonyl (C=O) groups is 2. The quantitative estimate of drug-likeness (QED) is 0.585. The van der Waals surface area contributed by atoms with Gasteiger partial charge in [-0.05, 0) is 57.1 Å². The lowest BCUT2D eigenvalue weighted by atomic mass is 10.1. The molecule has 9 heteroatoms. The molecule has 0 radical (unpaired) electrons. The molecule has 3 aromatic rings. The highest BCUT2D eigenvalue weighted by atomic mass is 32.1. The molecule has 3 N–H and O–H groups in total. The Morgan fingerprint density at radius 3 is 2.70 bits per heavy atom. The number of carbonyl (C=O) groups excluding carboxylic acids is 2. The van der Waals surface area contributed by atoms with Gasteiger partial charge in [0.2, 0.25) is 0 Å². The van der Waals surface area contributed by atoms with E-state index in [0.29, 0.717) is 30.9 Å². The molecule has 2 heterocycles. The number of hydrogen-bond acceptors (Lipinski definition) is 5. The predicted molar refractivity (Wildman–Crippen MR) is 107 cm³/mol. The van der Waals surface area contributed by atoms with Crippen molar-refractivity contribution in [3.63, 3.8) is 0 Å². The molecule has 0 bridgehead atoms. The van der Waals surface area contributed by atoms with E-state index in [1.165, 1.54) is 0 Å². The van der Waals surface area contributed by atoms with E-state index < -0.39 is 0 Å². The first kappa shape index (κ1) is 17.9. The number of nitrogens with one attached hydrogen (secondary N) is 3. The molecule has 4 rings (SSSR count). The van der Waals surface area contributed by atoms with E-state index in [1.807, 2.05) is 13.8 Å². The van der Waals surface area contributed by atoms with Gasteiger partial charge >= 0.3 is 0 Å². The normalized spacial score (nSPS) is 14.0. The maximum atomic E-state index is 12.5. The monoisotopic (exact) mass is 402 g/mol. The van der Waals surface area contributed by atoms with Gasteiger partial charge in [0.15, 0.2) is 3.95 Å². The Morgan fingerprint density at radius 1 is 1.30 bits per heavy atom. The van der Waals surface area contributed by atoms with Crippen LogP contribution in [0, 0.1) is 3.95 Å². The zero-order valence-corrected chi connectivity index (χ0v) is 16.4. The van der Waals surface area contributed by atoms with Gasteiger partial charge in [0, 0.05) is 17.6 Å². The minimum Gasteiger partial charge on any atom is -0.349 e. The van der Waals surface area contributed by atoms with Crippen LogP contribution < -0.4 is 16.2 Å². The molecule has 1 fully saturated rings. The predicted octanol–water partition coefficient (Wildman–Crippen LogP) is 2.60. The average molecular weight is 403 g/mol. The summed E-state index contributed by atoms with van der Waals surface area (Å²) in [5.74, 6) is -0.464. The summed E-state index contributed by atoms with van der Waals surface area (Å²) in [6, 6.07) is 5.09. The molecule has 1 aliphatic rings. The zero-order chi connectivity index (χ0) is 19.3. The van der Waals surface area contributed by atoms with Crippen LogP contribution in [0.5, 0.6) is 0 Å². The number of amides is 2. The SMILES string of the molecule is CC(C)NC(=O)c1sc(=S)n2c1[nH]c(=O)c1ccc(C(=O)NC3CC3)cc12. The Bertz CT molecular complexity index is 1200. The third-order valence-corrected chi connectivity index (χ3v) is 5.70. The third kappa shape index (κ3) is 3.28. The van der Waals surface area contributed by atoms with Gasteiger partial charge in [-0.2, -0.15) is 0 Å². The Balaban J connectivity index is 1.92. The van der Waals surface area contributed by atoms with Crippen molar-refractivity contribution in [1.82, 2.24) is 20.0 Å². The van der Waals surface area contributed by atoms with Crippen molar-refractivity contribution in [1.29, 1.82) is 0 Å². The van der Waals surface area contributed by atoms with Crippen LogP contribution in [0.2, 0.25) is 0 Å². The minimum atomic E-state index is -0.328. The van der Waals surface area contributed by atoms with E-state index in [-0.39, 0.29) is 29.5 Å². The van der Waals surface area contributed by atoms with Crippen molar-refractivity contribution in [2.24, 2.45) is 0 Å². The molecule has 1 saturated carbocycles. The van der Waals surface area contributed by atoms with Crippen LogP contribution in [0.4, 0.5) is 0 Å². The van der Waals surface area contributed by atoms with Crippen molar-refractivity contribution in [2.75, 3.05) is 0 Å². The number of fused-ring (bicyclic) bond motifs is 3. The first-order chi connectivity index (χ1) is 12.8. The lowest BCUT2D eigenvalue weighted by Gasteiger charge is -2.08. The summed E-state index contributed by atoms with van der Waals surface area (Å²) in [6.45, 7) is 3.72. The summed E-state index contributed by atoms with van der Waals surface area (Å²) in [4.78, 5) is 40.5. The van der Waals surface area contributed by atoms with E-state index in [2.05, 4.69) is 15.6 Å². The number of nitrogens with zero attached hydrogens (tertiary/aromatic N) is 1. The van der Waals surface area contributed by atoms with Crippen molar-refractivity contribution < 1.29 is 9.59 Å². The second kappa shape index (κ2) is 6.58.